The quantitative estimate of drug-likeness (QED) is 0.721. The van der Waals surface area contributed by atoms with Crippen LogP contribution in [0, 0.1) is 9.49 Å². The highest BCUT2D eigenvalue weighted by molar-refractivity contribution is 14.1. The van der Waals surface area contributed by atoms with Crippen LogP contribution in [-0.4, -0.2) is 28.8 Å². The fourth-order valence-electron chi connectivity index (χ4n) is 2.26. The molecular formula is C13H16INO3. The lowest BCUT2D eigenvalue weighted by Gasteiger charge is -2.11. The molecule has 2 atom stereocenters. The van der Waals surface area contributed by atoms with Crippen LogP contribution in [0.1, 0.15) is 29.6 Å². The Morgan fingerprint density at radius 1 is 1.44 bits per heavy atom. The van der Waals surface area contributed by atoms with Crippen molar-refractivity contribution in [2.75, 3.05) is 6.54 Å². The monoisotopic (exact) mass is 361 g/mol. The van der Waals surface area contributed by atoms with Crippen LogP contribution in [0.2, 0.25) is 0 Å². The van der Waals surface area contributed by atoms with Crippen LogP contribution in [-0.2, 0) is 0 Å². The Balaban J connectivity index is 1.93. The summed E-state index contributed by atoms with van der Waals surface area (Å²) in [6.45, 7) is 0.556. The topological polar surface area (TPSA) is 69.6 Å². The molecule has 4 nitrogen and oxygen atoms in total. The van der Waals surface area contributed by atoms with Crippen LogP contribution in [0.15, 0.2) is 18.2 Å². The van der Waals surface area contributed by atoms with E-state index in [0.717, 1.165) is 22.8 Å². The van der Waals surface area contributed by atoms with Crippen molar-refractivity contribution in [3.63, 3.8) is 0 Å². The fraction of sp³-hybridized carbons (Fsp3) is 0.462. The van der Waals surface area contributed by atoms with Gasteiger partial charge in [0.15, 0.2) is 0 Å². The number of amides is 1. The van der Waals surface area contributed by atoms with E-state index in [2.05, 4.69) is 27.9 Å². The summed E-state index contributed by atoms with van der Waals surface area (Å²) in [4.78, 5) is 11.9. The van der Waals surface area contributed by atoms with Crippen molar-refractivity contribution >= 4 is 28.5 Å². The van der Waals surface area contributed by atoms with Crippen LogP contribution in [0.4, 0.5) is 0 Å². The van der Waals surface area contributed by atoms with Crippen LogP contribution in [0.25, 0.3) is 0 Å². The van der Waals surface area contributed by atoms with E-state index >= 15 is 0 Å². The Labute approximate surface area is 120 Å². The second-order valence-electron chi connectivity index (χ2n) is 4.70. The Kier molecular flexibility index (Phi) is 4.45. The van der Waals surface area contributed by atoms with E-state index in [4.69, 9.17) is 0 Å². The molecule has 1 amide bonds. The normalized spacial score (nSPS) is 23.0. The van der Waals surface area contributed by atoms with Crippen molar-refractivity contribution in [2.24, 2.45) is 5.92 Å². The van der Waals surface area contributed by atoms with Crippen molar-refractivity contribution in [1.29, 1.82) is 0 Å². The highest BCUT2D eigenvalue weighted by atomic mass is 127. The molecule has 0 aliphatic heterocycles. The number of hydrogen-bond donors (Lipinski definition) is 3. The van der Waals surface area contributed by atoms with E-state index in [1.807, 2.05) is 0 Å². The van der Waals surface area contributed by atoms with Gasteiger partial charge in [0.1, 0.15) is 5.75 Å². The number of halogens is 1. The third-order valence-electron chi connectivity index (χ3n) is 3.27. The molecule has 0 radical (unpaired) electrons. The maximum atomic E-state index is 11.9. The number of carbonyl (C=O) groups is 1. The number of nitrogens with one attached hydrogen (secondary N) is 1. The summed E-state index contributed by atoms with van der Waals surface area (Å²) in [7, 11) is 0. The van der Waals surface area contributed by atoms with Gasteiger partial charge in [-0.3, -0.25) is 4.79 Å². The molecule has 0 heterocycles. The van der Waals surface area contributed by atoms with E-state index in [1.54, 1.807) is 12.1 Å². The largest absolute Gasteiger partial charge is 0.507 e. The van der Waals surface area contributed by atoms with E-state index in [9.17, 15) is 15.0 Å². The summed E-state index contributed by atoms with van der Waals surface area (Å²) in [5.41, 5.74) is 0.306. The second-order valence-corrected chi connectivity index (χ2v) is 5.95. The molecule has 3 N–H and O–H groups in total. The smallest absolute Gasteiger partial charge is 0.255 e. The van der Waals surface area contributed by atoms with Gasteiger partial charge >= 0.3 is 0 Å². The van der Waals surface area contributed by atoms with Gasteiger partial charge in [-0.2, -0.15) is 0 Å². The first-order valence-electron chi connectivity index (χ1n) is 6.01. The van der Waals surface area contributed by atoms with Gasteiger partial charge in [0, 0.05) is 10.1 Å². The molecule has 2 rings (SSSR count). The molecule has 18 heavy (non-hydrogen) atoms. The number of rotatable bonds is 3. The molecule has 1 aliphatic rings. The molecule has 0 spiro atoms. The first-order chi connectivity index (χ1) is 8.56. The Morgan fingerprint density at radius 3 is 2.89 bits per heavy atom. The van der Waals surface area contributed by atoms with Crippen molar-refractivity contribution < 1.29 is 15.0 Å². The Bertz CT molecular complexity index is 450. The van der Waals surface area contributed by atoms with Gasteiger partial charge in [-0.1, -0.05) is 0 Å². The maximum absolute atomic E-state index is 11.9. The number of benzene rings is 1. The zero-order valence-electron chi connectivity index (χ0n) is 9.90. The summed E-state index contributed by atoms with van der Waals surface area (Å²) in [5, 5.41) is 21.9. The lowest BCUT2D eigenvalue weighted by Crippen LogP contribution is -2.28. The minimum absolute atomic E-state index is 0.000581. The molecule has 1 aromatic carbocycles. The maximum Gasteiger partial charge on any atom is 0.255 e. The molecule has 98 valence electrons. The molecule has 1 aromatic rings. The Morgan fingerprint density at radius 2 is 2.22 bits per heavy atom. The summed E-state index contributed by atoms with van der Waals surface area (Å²) < 4.78 is 0.909. The zero-order valence-corrected chi connectivity index (χ0v) is 12.1. The third kappa shape index (κ3) is 3.35. The van der Waals surface area contributed by atoms with Crippen molar-refractivity contribution in [1.82, 2.24) is 5.32 Å². The fourth-order valence-corrected chi connectivity index (χ4v) is 2.75. The van der Waals surface area contributed by atoms with Crippen molar-refractivity contribution in [3.05, 3.63) is 27.3 Å². The molecule has 0 aromatic heterocycles. The van der Waals surface area contributed by atoms with Crippen LogP contribution in [0.3, 0.4) is 0 Å². The molecular weight excluding hydrogens is 345 g/mol. The van der Waals surface area contributed by atoms with Gasteiger partial charge in [-0.05, 0) is 66.0 Å². The number of aliphatic hydroxyl groups is 1. The summed E-state index contributed by atoms with van der Waals surface area (Å²) >= 11 is 2.10. The second kappa shape index (κ2) is 5.88. The summed E-state index contributed by atoms with van der Waals surface area (Å²) in [6, 6.07) is 4.94. The lowest BCUT2D eigenvalue weighted by molar-refractivity contribution is 0.0942. The van der Waals surface area contributed by atoms with Gasteiger partial charge < -0.3 is 15.5 Å². The molecule has 2 unspecified atom stereocenters. The molecule has 1 aliphatic carbocycles. The van der Waals surface area contributed by atoms with Crippen molar-refractivity contribution in [2.45, 2.75) is 25.4 Å². The number of carbonyl (C=O) groups excluding carboxylic acids is 1. The van der Waals surface area contributed by atoms with Gasteiger partial charge in [0.25, 0.3) is 5.91 Å². The standard InChI is InChI=1S/C13H16INO3/c14-9-2-4-12(17)11(6-9)13(18)15-7-8-1-3-10(16)5-8/h2,4,6,8,10,16-17H,1,3,5,7H2,(H,15,18). The molecule has 0 bridgehead atoms. The highest BCUT2D eigenvalue weighted by Crippen LogP contribution is 2.25. The number of aliphatic hydroxyl groups excluding tert-OH is 1. The van der Waals surface area contributed by atoms with Crippen LogP contribution >= 0.6 is 22.6 Å². The van der Waals surface area contributed by atoms with Crippen LogP contribution < -0.4 is 5.32 Å². The lowest BCUT2D eigenvalue weighted by atomic mass is 10.1. The predicted molar refractivity (Wildman–Crippen MR) is 76.5 cm³/mol. The minimum Gasteiger partial charge on any atom is -0.507 e. The van der Waals surface area contributed by atoms with E-state index in [0.29, 0.717) is 18.0 Å². The number of aromatic hydroxyl groups is 1. The number of phenolic OH excluding ortho intramolecular Hbond substituents is 1. The van der Waals surface area contributed by atoms with Crippen molar-refractivity contribution in [3.8, 4) is 5.75 Å². The number of phenols is 1. The zero-order chi connectivity index (χ0) is 13.1. The third-order valence-corrected chi connectivity index (χ3v) is 3.94. The number of hydrogen-bond acceptors (Lipinski definition) is 3. The van der Waals surface area contributed by atoms with Gasteiger partial charge in [0.05, 0.1) is 11.7 Å². The first-order valence-corrected chi connectivity index (χ1v) is 7.09. The molecule has 0 saturated heterocycles. The van der Waals surface area contributed by atoms with E-state index < -0.39 is 0 Å². The summed E-state index contributed by atoms with van der Waals surface area (Å²) in [5.74, 6) is 0.0839. The van der Waals surface area contributed by atoms with Gasteiger partial charge in [-0.15, -0.1) is 0 Å². The van der Waals surface area contributed by atoms with Gasteiger partial charge in [-0.25, -0.2) is 0 Å². The molecule has 1 saturated carbocycles. The first kappa shape index (κ1) is 13.6. The Hall–Kier alpha value is -0.820. The highest BCUT2D eigenvalue weighted by Gasteiger charge is 2.23. The average Bonchev–Trinajstić information content (AvgIpc) is 2.75. The average molecular weight is 361 g/mol. The van der Waals surface area contributed by atoms with E-state index in [1.165, 1.54) is 6.07 Å². The van der Waals surface area contributed by atoms with E-state index in [-0.39, 0.29) is 17.8 Å². The SMILES string of the molecule is O=C(NCC1CCC(O)C1)c1cc(I)ccc1O. The summed E-state index contributed by atoms with van der Waals surface area (Å²) in [6.07, 6.45) is 2.28. The molecule has 1 fully saturated rings. The molecule has 5 heteroatoms. The van der Waals surface area contributed by atoms with Gasteiger partial charge in [0.2, 0.25) is 0 Å². The minimum atomic E-state index is -0.257. The van der Waals surface area contributed by atoms with Crippen LogP contribution in [0.5, 0.6) is 5.75 Å². The predicted octanol–water partition coefficient (Wildman–Crippen LogP) is 1.89.